The van der Waals surface area contributed by atoms with Crippen LogP contribution in [0.2, 0.25) is 0 Å². The van der Waals surface area contributed by atoms with E-state index in [4.69, 9.17) is 9.84 Å². The number of aromatic nitrogens is 1. The molecular weight excluding hydrogens is 737 g/mol. The molecule has 2 unspecified atom stereocenters. The van der Waals surface area contributed by atoms with E-state index < -0.39 is 63.5 Å². The van der Waals surface area contributed by atoms with E-state index in [0.717, 1.165) is 34.7 Å². The summed E-state index contributed by atoms with van der Waals surface area (Å²) in [6.45, 7) is 1.66. The van der Waals surface area contributed by atoms with Gasteiger partial charge in [-0.2, -0.15) is 26.3 Å². The largest absolute Gasteiger partial charge is 0.481 e. The van der Waals surface area contributed by atoms with Crippen LogP contribution < -0.4 is 4.74 Å². The number of ether oxygens (including phenoxy) is 1. The van der Waals surface area contributed by atoms with Gasteiger partial charge in [0.1, 0.15) is 16.3 Å². The van der Waals surface area contributed by atoms with Gasteiger partial charge >= 0.3 is 18.3 Å². The predicted molar refractivity (Wildman–Crippen MR) is 180 cm³/mol. The van der Waals surface area contributed by atoms with Crippen LogP contribution in [0.3, 0.4) is 0 Å². The molecule has 3 aromatic rings. The zero-order valence-corrected chi connectivity index (χ0v) is 29.6. The van der Waals surface area contributed by atoms with Gasteiger partial charge in [0.2, 0.25) is 5.60 Å². The lowest BCUT2D eigenvalue weighted by atomic mass is 9.78. The Hall–Kier alpha value is -3.83. The number of aliphatic hydroxyl groups is 1. The van der Waals surface area contributed by atoms with E-state index in [1.54, 1.807) is 31.2 Å². The Bertz CT molecular complexity index is 1760. The van der Waals surface area contributed by atoms with E-state index in [9.17, 15) is 45.8 Å². The summed E-state index contributed by atoms with van der Waals surface area (Å²) < 4.78 is 89.2. The van der Waals surface area contributed by atoms with Gasteiger partial charge < -0.3 is 24.7 Å². The number of amides is 2. The number of pyridine rings is 1. The van der Waals surface area contributed by atoms with Crippen molar-refractivity contribution in [2.45, 2.75) is 86.4 Å². The summed E-state index contributed by atoms with van der Waals surface area (Å²) in [7, 11) is 0. The molecule has 9 nitrogen and oxygen atoms in total. The third-order valence-electron chi connectivity index (χ3n) is 9.36. The smallest absolute Gasteiger partial charge is 0.425 e. The summed E-state index contributed by atoms with van der Waals surface area (Å²) in [4.78, 5) is 45.9. The number of thioether (sulfide) groups is 1. The SMILES string of the molecule is CCCC1N(C(=O)c2ncccc2C(F)(F)F)CCCC1(Oc1csc(C(F)(F)F)c1)C(=O)N1CCC(O)(c2ccccc2SCCC(=O)O)CC1. The number of alkyl halides is 6. The van der Waals surface area contributed by atoms with Crippen molar-refractivity contribution in [1.82, 2.24) is 14.8 Å². The van der Waals surface area contributed by atoms with Crippen LogP contribution in [0.5, 0.6) is 5.75 Å². The molecule has 282 valence electrons. The Morgan fingerprint density at radius 2 is 1.73 bits per heavy atom. The molecule has 2 atom stereocenters. The molecule has 1 aromatic carbocycles. The highest BCUT2D eigenvalue weighted by atomic mass is 32.2. The molecule has 2 aliphatic rings. The van der Waals surface area contributed by atoms with Crippen LogP contribution in [-0.2, 0) is 27.5 Å². The Labute approximate surface area is 304 Å². The first-order valence-corrected chi connectivity index (χ1v) is 18.5. The van der Waals surface area contributed by atoms with Crippen molar-refractivity contribution in [3.63, 3.8) is 0 Å². The van der Waals surface area contributed by atoms with Crippen molar-refractivity contribution in [2.24, 2.45) is 0 Å². The topological polar surface area (TPSA) is 120 Å². The summed E-state index contributed by atoms with van der Waals surface area (Å²) in [5.74, 6) is -2.71. The molecule has 5 rings (SSSR count). The minimum Gasteiger partial charge on any atom is -0.481 e. The Morgan fingerprint density at radius 3 is 2.37 bits per heavy atom. The van der Waals surface area contributed by atoms with Crippen LogP contribution >= 0.6 is 23.1 Å². The number of aliphatic carboxylic acids is 1. The second kappa shape index (κ2) is 15.6. The van der Waals surface area contributed by atoms with Crippen LogP contribution in [0.1, 0.15) is 78.4 Å². The highest BCUT2D eigenvalue weighted by Gasteiger charge is 2.56. The fourth-order valence-electron chi connectivity index (χ4n) is 6.92. The molecule has 2 amide bonds. The average molecular weight is 774 g/mol. The summed E-state index contributed by atoms with van der Waals surface area (Å²) in [5, 5.41) is 22.0. The van der Waals surface area contributed by atoms with Crippen LogP contribution in [-0.4, -0.2) is 79.8 Å². The molecule has 2 N–H and O–H groups in total. The number of hydrogen-bond acceptors (Lipinski definition) is 8. The van der Waals surface area contributed by atoms with Gasteiger partial charge in [-0.25, -0.2) is 0 Å². The zero-order valence-electron chi connectivity index (χ0n) is 28.0. The first-order valence-electron chi connectivity index (χ1n) is 16.6. The summed E-state index contributed by atoms with van der Waals surface area (Å²) in [6.07, 6.45) is -8.11. The van der Waals surface area contributed by atoms with Gasteiger partial charge in [0.15, 0.2) is 0 Å². The van der Waals surface area contributed by atoms with Crippen molar-refractivity contribution in [3.05, 3.63) is 75.7 Å². The molecule has 2 fully saturated rings. The lowest BCUT2D eigenvalue weighted by Gasteiger charge is -2.51. The van der Waals surface area contributed by atoms with Crippen molar-refractivity contribution in [1.29, 1.82) is 0 Å². The maximum absolute atomic E-state index is 14.8. The van der Waals surface area contributed by atoms with Gasteiger partial charge in [0, 0.05) is 54.3 Å². The summed E-state index contributed by atoms with van der Waals surface area (Å²) in [6, 6.07) is 8.36. The molecule has 0 aliphatic carbocycles. The molecule has 52 heavy (non-hydrogen) atoms. The number of benzene rings is 1. The maximum Gasteiger partial charge on any atom is 0.425 e. The standard InChI is InChI=1S/C35H37F6N3O6S2/c1-2-7-26-33(50-22-20-27(52-21-22)35(39,40)41,12-6-16-44(26)30(47)29-24(34(36,37)38)9-5-15-42-29)31(48)43-17-13-32(49,14-18-43)23-8-3-4-10-25(23)51-19-11-28(45)46/h3-5,8-10,15,20-21,26,49H,2,6-7,11-14,16-19H2,1H3,(H,45,46). The summed E-state index contributed by atoms with van der Waals surface area (Å²) in [5.41, 5.74) is -4.95. The molecule has 0 spiro atoms. The van der Waals surface area contributed by atoms with E-state index in [0.29, 0.717) is 28.2 Å². The van der Waals surface area contributed by atoms with Gasteiger partial charge in [-0.3, -0.25) is 19.4 Å². The number of piperidine rings is 2. The monoisotopic (exact) mass is 773 g/mol. The number of thiophene rings is 1. The Morgan fingerprint density at radius 1 is 1.02 bits per heavy atom. The van der Waals surface area contributed by atoms with Crippen LogP contribution in [0.15, 0.2) is 58.9 Å². The lowest BCUT2D eigenvalue weighted by molar-refractivity contribution is -0.163. The second-order valence-corrected chi connectivity index (χ2v) is 14.8. The minimum absolute atomic E-state index is 0.0166. The number of carboxylic acids is 1. The Balaban J connectivity index is 1.50. The maximum atomic E-state index is 14.8. The van der Waals surface area contributed by atoms with Gasteiger partial charge in [-0.1, -0.05) is 31.5 Å². The fourth-order valence-corrected chi connectivity index (χ4v) is 8.68. The number of carboxylic acid groups (broad SMARTS) is 1. The van der Waals surface area contributed by atoms with Gasteiger partial charge in [-0.15, -0.1) is 23.1 Å². The van der Waals surface area contributed by atoms with E-state index in [2.05, 4.69) is 4.98 Å². The van der Waals surface area contributed by atoms with Crippen LogP contribution in [0, 0.1) is 0 Å². The second-order valence-electron chi connectivity index (χ2n) is 12.8. The van der Waals surface area contributed by atoms with Crippen molar-refractivity contribution < 1.29 is 55.7 Å². The third-order valence-corrected chi connectivity index (χ3v) is 11.4. The number of halogens is 6. The number of rotatable bonds is 11. The zero-order chi connectivity index (χ0) is 37.9. The molecule has 0 saturated carbocycles. The number of likely N-dealkylation sites (tertiary alicyclic amines) is 2. The molecule has 2 aliphatic heterocycles. The first-order chi connectivity index (χ1) is 24.5. The van der Waals surface area contributed by atoms with Gasteiger partial charge in [0.25, 0.3) is 11.8 Å². The quantitative estimate of drug-likeness (QED) is 0.152. The van der Waals surface area contributed by atoms with Gasteiger partial charge in [0.05, 0.1) is 23.6 Å². The van der Waals surface area contributed by atoms with Crippen molar-refractivity contribution in [3.8, 4) is 5.75 Å². The average Bonchev–Trinajstić information content (AvgIpc) is 3.58. The minimum atomic E-state index is -4.92. The number of nitrogens with zero attached hydrogens (tertiary/aromatic N) is 3. The molecule has 4 heterocycles. The predicted octanol–water partition coefficient (Wildman–Crippen LogP) is 7.48. The van der Waals surface area contributed by atoms with Crippen molar-refractivity contribution >= 4 is 40.9 Å². The van der Waals surface area contributed by atoms with E-state index in [-0.39, 0.29) is 69.7 Å². The van der Waals surface area contributed by atoms with Crippen LogP contribution in [0.25, 0.3) is 0 Å². The molecule has 2 saturated heterocycles. The van der Waals surface area contributed by atoms with E-state index in [1.165, 1.54) is 16.7 Å². The molecule has 2 aromatic heterocycles. The summed E-state index contributed by atoms with van der Waals surface area (Å²) >= 11 is 1.64. The van der Waals surface area contributed by atoms with Gasteiger partial charge in [-0.05, 0) is 49.4 Å². The molecule has 0 bridgehead atoms. The highest BCUT2D eigenvalue weighted by Crippen LogP contribution is 2.44. The van der Waals surface area contributed by atoms with Crippen molar-refractivity contribution in [2.75, 3.05) is 25.4 Å². The van der Waals surface area contributed by atoms with E-state index >= 15 is 0 Å². The number of carbonyl (C=O) groups is 3. The highest BCUT2D eigenvalue weighted by molar-refractivity contribution is 7.99. The van der Waals surface area contributed by atoms with E-state index in [1.807, 2.05) is 0 Å². The normalized spacial score (nSPS) is 20.8. The first kappa shape index (κ1) is 39.4. The third kappa shape index (κ3) is 8.36. The fraction of sp³-hybridized carbons (Fsp3) is 0.486. The molecule has 17 heteroatoms. The number of hydrogen-bond donors (Lipinski definition) is 2. The molecule has 0 radical (unpaired) electrons. The van der Waals surface area contributed by atoms with Crippen LogP contribution in [0.4, 0.5) is 26.3 Å². The Kier molecular flexibility index (Phi) is 11.8. The molecular formula is C35H37F6N3O6S2. The lowest BCUT2D eigenvalue weighted by Crippen LogP contribution is -2.68. The number of carbonyl (C=O) groups excluding carboxylic acids is 2.